The molecule has 6 nitrogen and oxygen atoms in total. The molecule has 7 heteroatoms. The number of hydrogen-bond acceptors (Lipinski definition) is 3. The maximum Gasteiger partial charge on any atom is 0.191 e. The van der Waals surface area contributed by atoms with Gasteiger partial charge >= 0.3 is 0 Å². The van der Waals surface area contributed by atoms with Crippen molar-refractivity contribution in [1.29, 1.82) is 0 Å². The summed E-state index contributed by atoms with van der Waals surface area (Å²) in [4.78, 5) is 6.56. The second-order valence-electron chi connectivity index (χ2n) is 6.47. The molecule has 1 unspecified atom stereocenters. The van der Waals surface area contributed by atoms with E-state index in [4.69, 9.17) is 0 Å². The molecule has 0 bridgehead atoms. The molecule has 0 amide bonds. The van der Waals surface area contributed by atoms with Crippen LogP contribution in [0.1, 0.15) is 28.6 Å². The van der Waals surface area contributed by atoms with Gasteiger partial charge in [-0.25, -0.2) is 0 Å². The van der Waals surface area contributed by atoms with E-state index in [0.29, 0.717) is 6.54 Å². The maximum absolute atomic E-state index is 4.46. The van der Waals surface area contributed by atoms with Gasteiger partial charge in [0.15, 0.2) is 5.96 Å². The minimum absolute atomic E-state index is 0. The number of aryl methyl sites for hydroxylation is 2. The first-order valence-electron chi connectivity index (χ1n) is 8.59. The van der Waals surface area contributed by atoms with Crippen LogP contribution < -0.4 is 10.6 Å². The zero-order valence-electron chi connectivity index (χ0n) is 16.6. The standard InChI is InChI=1S/C19H30N6.HI/c1-14-17(15(2)25(6)23-14)12-21-19(20-3)22-13-18(24(4)5)16-10-8-7-9-11-16;/h7-11,18H,12-13H2,1-6H3,(H2,20,21,22);1H. The van der Waals surface area contributed by atoms with Crippen molar-refractivity contribution in [3.63, 3.8) is 0 Å². The molecule has 144 valence electrons. The van der Waals surface area contributed by atoms with Crippen LogP contribution in [-0.2, 0) is 13.6 Å². The Kier molecular flexibility index (Phi) is 9.07. The van der Waals surface area contributed by atoms with Crippen LogP contribution in [0, 0.1) is 13.8 Å². The van der Waals surface area contributed by atoms with Crippen LogP contribution in [0.5, 0.6) is 0 Å². The van der Waals surface area contributed by atoms with Crippen LogP contribution in [-0.4, -0.2) is 48.3 Å². The molecule has 1 aromatic heterocycles. The number of guanidine groups is 1. The maximum atomic E-state index is 4.46. The summed E-state index contributed by atoms with van der Waals surface area (Å²) in [6, 6.07) is 10.8. The second kappa shape index (κ2) is 10.5. The molecule has 0 radical (unpaired) electrons. The second-order valence-corrected chi connectivity index (χ2v) is 6.47. The molecule has 2 aromatic rings. The monoisotopic (exact) mass is 470 g/mol. The van der Waals surface area contributed by atoms with Gasteiger partial charge in [-0.1, -0.05) is 30.3 Å². The van der Waals surface area contributed by atoms with E-state index in [1.54, 1.807) is 7.05 Å². The molecule has 1 heterocycles. The summed E-state index contributed by atoms with van der Waals surface area (Å²) in [5.74, 6) is 0.797. The van der Waals surface area contributed by atoms with E-state index < -0.39 is 0 Å². The van der Waals surface area contributed by atoms with E-state index in [-0.39, 0.29) is 30.0 Å². The Morgan fingerprint density at radius 1 is 1.19 bits per heavy atom. The molecule has 0 aliphatic rings. The Morgan fingerprint density at radius 3 is 2.35 bits per heavy atom. The summed E-state index contributed by atoms with van der Waals surface area (Å²) >= 11 is 0. The van der Waals surface area contributed by atoms with Crippen LogP contribution in [0.2, 0.25) is 0 Å². The molecule has 1 aromatic carbocycles. The smallest absolute Gasteiger partial charge is 0.191 e. The van der Waals surface area contributed by atoms with Gasteiger partial charge in [-0.05, 0) is 33.5 Å². The van der Waals surface area contributed by atoms with E-state index in [1.165, 1.54) is 16.8 Å². The third-order valence-electron chi connectivity index (χ3n) is 4.59. The molecule has 1 atom stereocenters. The van der Waals surface area contributed by atoms with Gasteiger partial charge in [-0.3, -0.25) is 9.67 Å². The first-order valence-corrected chi connectivity index (χ1v) is 8.59. The molecule has 26 heavy (non-hydrogen) atoms. The van der Waals surface area contributed by atoms with Crippen LogP contribution in [0.15, 0.2) is 35.3 Å². The quantitative estimate of drug-likeness (QED) is 0.387. The van der Waals surface area contributed by atoms with Crippen LogP contribution >= 0.6 is 24.0 Å². The zero-order valence-corrected chi connectivity index (χ0v) is 18.9. The third-order valence-corrected chi connectivity index (χ3v) is 4.59. The number of nitrogens with one attached hydrogen (secondary N) is 2. The van der Waals surface area contributed by atoms with Crippen molar-refractivity contribution in [3.8, 4) is 0 Å². The van der Waals surface area contributed by atoms with Crippen molar-refractivity contribution in [3.05, 3.63) is 52.8 Å². The summed E-state index contributed by atoms with van der Waals surface area (Å²) in [5, 5.41) is 11.3. The predicted octanol–water partition coefficient (Wildman–Crippen LogP) is 2.62. The fourth-order valence-corrected chi connectivity index (χ4v) is 2.93. The van der Waals surface area contributed by atoms with E-state index >= 15 is 0 Å². The van der Waals surface area contributed by atoms with Gasteiger partial charge in [0.1, 0.15) is 0 Å². The van der Waals surface area contributed by atoms with Crippen molar-refractivity contribution in [1.82, 2.24) is 25.3 Å². The summed E-state index contributed by atoms with van der Waals surface area (Å²) < 4.78 is 1.92. The number of nitrogens with zero attached hydrogens (tertiary/aromatic N) is 4. The first-order chi connectivity index (χ1) is 11.9. The van der Waals surface area contributed by atoms with Crippen molar-refractivity contribution < 1.29 is 0 Å². The van der Waals surface area contributed by atoms with Crippen LogP contribution in [0.25, 0.3) is 0 Å². The molecule has 2 rings (SSSR count). The van der Waals surface area contributed by atoms with E-state index in [9.17, 15) is 0 Å². The lowest BCUT2D eigenvalue weighted by atomic mass is 10.1. The number of hydrogen-bond donors (Lipinski definition) is 2. The highest BCUT2D eigenvalue weighted by atomic mass is 127. The van der Waals surface area contributed by atoms with Gasteiger partial charge in [-0.15, -0.1) is 24.0 Å². The zero-order chi connectivity index (χ0) is 18.4. The Morgan fingerprint density at radius 2 is 1.85 bits per heavy atom. The number of halogens is 1. The first kappa shape index (κ1) is 22.4. The normalized spacial score (nSPS) is 12.7. The lowest BCUT2D eigenvalue weighted by molar-refractivity contribution is 0.298. The van der Waals surface area contributed by atoms with E-state index in [1.807, 2.05) is 24.7 Å². The molecule has 0 aliphatic heterocycles. The topological polar surface area (TPSA) is 57.5 Å². The van der Waals surface area contributed by atoms with Gasteiger partial charge in [0.25, 0.3) is 0 Å². The Bertz CT molecular complexity index is 708. The van der Waals surface area contributed by atoms with Crippen molar-refractivity contribution in [2.75, 3.05) is 27.7 Å². The number of aliphatic imine (C=N–C) groups is 1. The number of rotatable bonds is 6. The fourth-order valence-electron chi connectivity index (χ4n) is 2.93. The van der Waals surface area contributed by atoms with Crippen LogP contribution in [0.3, 0.4) is 0 Å². The molecule has 0 saturated carbocycles. The minimum atomic E-state index is 0. The average molecular weight is 470 g/mol. The lowest BCUT2D eigenvalue weighted by Gasteiger charge is -2.26. The van der Waals surface area contributed by atoms with Gasteiger partial charge in [0.2, 0.25) is 0 Å². The van der Waals surface area contributed by atoms with Gasteiger partial charge in [-0.2, -0.15) is 5.10 Å². The fraction of sp³-hybridized carbons (Fsp3) is 0.474. The van der Waals surface area contributed by atoms with E-state index in [2.05, 4.69) is 70.9 Å². The summed E-state index contributed by atoms with van der Waals surface area (Å²) in [7, 11) is 7.96. The number of likely N-dealkylation sites (N-methyl/N-ethyl adjacent to an activating group) is 1. The lowest BCUT2D eigenvalue weighted by Crippen LogP contribution is -2.41. The molecule has 0 fully saturated rings. The van der Waals surface area contributed by atoms with Crippen molar-refractivity contribution >= 4 is 29.9 Å². The SMILES string of the molecule is CN=C(NCc1c(C)nn(C)c1C)NCC(c1ccccc1)N(C)C.I. The highest BCUT2D eigenvalue weighted by molar-refractivity contribution is 14.0. The molecule has 0 spiro atoms. The number of benzene rings is 1. The Hall–Kier alpha value is -1.61. The largest absolute Gasteiger partial charge is 0.354 e. The van der Waals surface area contributed by atoms with Gasteiger partial charge in [0, 0.05) is 38.4 Å². The minimum Gasteiger partial charge on any atom is -0.354 e. The highest BCUT2D eigenvalue weighted by Gasteiger charge is 2.15. The van der Waals surface area contributed by atoms with Gasteiger partial charge < -0.3 is 15.5 Å². The van der Waals surface area contributed by atoms with E-state index in [0.717, 1.165) is 18.2 Å². The molecule has 0 aliphatic carbocycles. The molecule has 2 N–H and O–H groups in total. The third kappa shape index (κ3) is 5.70. The van der Waals surface area contributed by atoms with Crippen molar-refractivity contribution in [2.24, 2.45) is 12.0 Å². The summed E-state index contributed by atoms with van der Waals surface area (Å²) in [5.41, 5.74) is 4.74. The number of aromatic nitrogens is 2. The van der Waals surface area contributed by atoms with Crippen molar-refractivity contribution in [2.45, 2.75) is 26.4 Å². The summed E-state index contributed by atoms with van der Waals surface area (Å²) in [6.07, 6.45) is 0. The molecular weight excluding hydrogens is 439 g/mol. The van der Waals surface area contributed by atoms with Gasteiger partial charge in [0.05, 0.1) is 11.7 Å². The van der Waals surface area contributed by atoms with Crippen LogP contribution in [0.4, 0.5) is 0 Å². The summed E-state index contributed by atoms with van der Waals surface area (Å²) in [6.45, 7) is 5.62. The Balaban J connectivity index is 0.00000338. The molecular formula is C19H31IN6. The molecule has 0 saturated heterocycles. The average Bonchev–Trinajstić information content (AvgIpc) is 2.84. The predicted molar refractivity (Wildman–Crippen MR) is 119 cm³/mol. The Labute approximate surface area is 174 Å². The highest BCUT2D eigenvalue weighted by Crippen LogP contribution is 2.16.